The van der Waals surface area contributed by atoms with Crippen LogP contribution in [0.1, 0.15) is 18.8 Å². The SMILES string of the molecule is CC([O])c1cc2ccccc2o1. The zero-order valence-electron chi connectivity index (χ0n) is 6.78. The van der Waals surface area contributed by atoms with Gasteiger partial charge >= 0.3 is 0 Å². The third-order valence-electron chi connectivity index (χ3n) is 1.85. The van der Waals surface area contributed by atoms with Gasteiger partial charge in [-0.05, 0) is 19.1 Å². The molecule has 12 heavy (non-hydrogen) atoms. The Kier molecular flexibility index (Phi) is 1.62. The van der Waals surface area contributed by atoms with E-state index in [4.69, 9.17) is 4.42 Å². The van der Waals surface area contributed by atoms with E-state index in [1.54, 1.807) is 13.0 Å². The summed E-state index contributed by atoms with van der Waals surface area (Å²) in [4.78, 5) is 0. The maximum atomic E-state index is 11.0. The maximum absolute atomic E-state index is 11.0. The summed E-state index contributed by atoms with van der Waals surface area (Å²) in [6.45, 7) is 1.58. The van der Waals surface area contributed by atoms with Crippen LogP contribution >= 0.6 is 0 Å². The second kappa shape index (κ2) is 2.64. The van der Waals surface area contributed by atoms with Gasteiger partial charge < -0.3 is 4.42 Å². The number of hydrogen-bond acceptors (Lipinski definition) is 1. The minimum atomic E-state index is -0.780. The molecule has 0 saturated heterocycles. The van der Waals surface area contributed by atoms with E-state index < -0.39 is 6.10 Å². The molecule has 0 aliphatic rings. The van der Waals surface area contributed by atoms with E-state index in [0.29, 0.717) is 5.76 Å². The van der Waals surface area contributed by atoms with Gasteiger partial charge in [0.25, 0.3) is 0 Å². The Morgan fingerprint density at radius 1 is 1.33 bits per heavy atom. The minimum absolute atomic E-state index is 0.510. The van der Waals surface area contributed by atoms with Crippen LogP contribution in [0, 0.1) is 0 Å². The van der Waals surface area contributed by atoms with Crippen LogP contribution in [0.5, 0.6) is 0 Å². The van der Waals surface area contributed by atoms with E-state index in [9.17, 15) is 5.11 Å². The monoisotopic (exact) mass is 161 g/mol. The predicted molar refractivity (Wildman–Crippen MR) is 45.3 cm³/mol. The van der Waals surface area contributed by atoms with Gasteiger partial charge in [0, 0.05) is 5.39 Å². The van der Waals surface area contributed by atoms with Crippen LogP contribution in [-0.2, 0) is 5.11 Å². The van der Waals surface area contributed by atoms with E-state index in [1.165, 1.54) is 0 Å². The van der Waals surface area contributed by atoms with Crippen molar-refractivity contribution in [3.05, 3.63) is 36.1 Å². The molecule has 2 heteroatoms. The molecule has 0 saturated carbocycles. The molecule has 0 aliphatic heterocycles. The molecule has 1 unspecified atom stereocenters. The Hall–Kier alpha value is -1.28. The zero-order valence-corrected chi connectivity index (χ0v) is 6.78. The van der Waals surface area contributed by atoms with Crippen LogP contribution in [0.4, 0.5) is 0 Å². The summed E-state index contributed by atoms with van der Waals surface area (Å²) in [6, 6.07) is 9.42. The molecule has 1 aromatic carbocycles. The molecule has 1 radical (unpaired) electrons. The molecule has 1 atom stereocenters. The van der Waals surface area contributed by atoms with Crippen molar-refractivity contribution in [3.63, 3.8) is 0 Å². The first kappa shape index (κ1) is 7.37. The van der Waals surface area contributed by atoms with E-state index in [2.05, 4.69) is 0 Å². The lowest BCUT2D eigenvalue weighted by molar-refractivity contribution is 0.0872. The third kappa shape index (κ3) is 1.10. The van der Waals surface area contributed by atoms with Crippen LogP contribution < -0.4 is 0 Å². The topological polar surface area (TPSA) is 33.0 Å². The first-order valence-corrected chi connectivity index (χ1v) is 3.91. The number of fused-ring (bicyclic) bond motifs is 1. The van der Waals surface area contributed by atoms with Crippen molar-refractivity contribution in [2.45, 2.75) is 13.0 Å². The Labute approximate surface area is 70.4 Å². The molecular formula is C10H9O2. The van der Waals surface area contributed by atoms with Crippen LogP contribution in [0.3, 0.4) is 0 Å². The van der Waals surface area contributed by atoms with Gasteiger partial charge in [0.2, 0.25) is 0 Å². The standard InChI is InChI=1S/C10H9O2/c1-7(11)10-6-8-4-2-3-5-9(8)12-10/h2-7H,1H3. The molecule has 1 heterocycles. The van der Waals surface area contributed by atoms with Crippen LogP contribution in [-0.4, -0.2) is 0 Å². The highest BCUT2D eigenvalue weighted by Gasteiger charge is 2.08. The number of hydrogen-bond donors (Lipinski definition) is 0. The van der Waals surface area contributed by atoms with Gasteiger partial charge in [-0.25, -0.2) is 5.11 Å². The van der Waals surface area contributed by atoms with Crippen molar-refractivity contribution in [2.24, 2.45) is 0 Å². The van der Waals surface area contributed by atoms with Gasteiger partial charge in [-0.15, -0.1) is 0 Å². The Bertz CT molecular complexity index is 354. The first-order chi connectivity index (χ1) is 5.77. The molecule has 1 aromatic heterocycles. The number of furan rings is 1. The summed E-state index contributed by atoms with van der Waals surface area (Å²) in [6.07, 6.45) is -0.780. The molecule has 0 N–H and O–H groups in total. The molecule has 0 fully saturated rings. The second-order valence-corrected chi connectivity index (χ2v) is 2.83. The average Bonchev–Trinajstić information content (AvgIpc) is 2.46. The highest BCUT2D eigenvalue weighted by atomic mass is 16.4. The van der Waals surface area contributed by atoms with E-state index >= 15 is 0 Å². The van der Waals surface area contributed by atoms with Gasteiger partial charge in [-0.2, -0.15) is 0 Å². The van der Waals surface area contributed by atoms with Crippen molar-refractivity contribution in [3.8, 4) is 0 Å². The number of rotatable bonds is 1. The smallest absolute Gasteiger partial charge is 0.148 e. The second-order valence-electron chi connectivity index (χ2n) is 2.83. The van der Waals surface area contributed by atoms with Gasteiger partial charge in [0.05, 0.1) is 0 Å². The van der Waals surface area contributed by atoms with Crippen molar-refractivity contribution in [1.82, 2.24) is 0 Å². The lowest BCUT2D eigenvalue weighted by Crippen LogP contribution is -1.82. The maximum Gasteiger partial charge on any atom is 0.148 e. The molecule has 2 rings (SSSR count). The van der Waals surface area contributed by atoms with Gasteiger partial charge in [-0.1, -0.05) is 18.2 Å². The van der Waals surface area contributed by atoms with Crippen molar-refractivity contribution < 1.29 is 9.52 Å². The van der Waals surface area contributed by atoms with Gasteiger partial charge in [-0.3, -0.25) is 0 Å². The molecule has 0 amide bonds. The fraction of sp³-hybridized carbons (Fsp3) is 0.200. The molecule has 2 aromatic rings. The molecule has 2 nitrogen and oxygen atoms in total. The Morgan fingerprint density at radius 3 is 2.75 bits per heavy atom. The van der Waals surface area contributed by atoms with Crippen LogP contribution in [0.2, 0.25) is 0 Å². The van der Waals surface area contributed by atoms with Gasteiger partial charge in [0.1, 0.15) is 17.4 Å². The van der Waals surface area contributed by atoms with Crippen molar-refractivity contribution in [1.29, 1.82) is 0 Å². The summed E-state index contributed by atoms with van der Waals surface area (Å²) >= 11 is 0. The molecule has 0 spiro atoms. The normalized spacial score (nSPS) is 13.5. The lowest BCUT2D eigenvalue weighted by atomic mass is 10.2. The highest BCUT2D eigenvalue weighted by molar-refractivity contribution is 5.77. The summed E-state index contributed by atoms with van der Waals surface area (Å²) in [5.74, 6) is 0.510. The number of benzene rings is 1. The van der Waals surface area contributed by atoms with Crippen molar-refractivity contribution >= 4 is 11.0 Å². The number of para-hydroxylation sites is 1. The van der Waals surface area contributed by atoms with Crippen LogP contribution in [0.25, 0.3) is 11.0 Å². The van der Waals surface area contributed by atoms with Crippen molar-refractivity contribution in [2.75, 3.05) is 0 Å². The summed E-state index contributed by atoms with van der Waals surface area (Å²) in [7, 11) is 0. The fourth-order valence-electron chi connectivity index (χ4n) is 1.20. The molecule has 0 bridgehead atoms. The van der Waals surface area contributed by atoms with E-state index in [1.807, 2.05) is 24.3 Å². The molecular weight excluding hydrogens is 152 g/mol. The average molecular weight is 161 g/mol. The van der Waals surface area contributed by atoms with Crippen LogP contribution in [0.15, 0.2) is 34.7 Å². The minimum Gasteiger partial charge on any atom is -0.458 e. The highest BCUT2D eigenvalue weighted by Crippen LogP contribution is 2.23. The Morgan fingerprint density at radius 2 is 2.08 bits per heavy atom. The first-order valence-electron chi connectivity index (χ1n) is 3.91. The van der Waals surface area contributed by atoms with E-state index in [0.717, 1.165) is 11.0 Å². The molecule has 0 aliphatic carbocycles. The summed E-state index contributed by atoms with van der Waals surface area (Å²) in [5, 5.41) is 12.0. The quantitative estimate of drug-likeness (QED) is 0.632. The lowest BCUT2D eigenvalue weighted by Gasteiger charge is -1.92. The van der Waals surface area contributed by atoms with E-state index in [-0.39, 0.29) is 0 Å². The fourth-order valence-corrected chi connectivity index (χ4v) is 1.20. The molecule has 61 valence electrons. The summed E-state index contributed by atoms with van der Waals surface area (Å²) in [5.41, 5.74) is 0.787. The third-order valence-corrected chi connectivity index (χ3v) is 1.85. The Balaban J connectivity index is 2.62. The largest absolute Gasteiger partial charge is 0.458 e. The summed E-state index contributed by atoms with van der Waals surface area (Å²) < 4.78 is 5.32. The van der Waals surface area contributed by atoms with Gasteiger partial charge in [0.15, 0.2) is 0 Å². The zero-order chi connectivity index (χ0) is 8.55. The predicted octanol–water partition coefficient (Wildman–Crippen LogP) is 2.92.